The van der Waals surface area contributed by atoms with Gasteiger partial charge in [0.2, 0.25) is 0 Å². The van der Waals surface area contributed by atoms with E-state index in [0.29, 0.717) is 0 Å². The van der Waals surface area contributed by atoms with Crippen LogP contribution >= 0.6 is 24.8 Å². The molecule has 1 fully saturated rings. The molecule has 0 saturated heterocycles. The summed E-state index contributed by atoms with van der Waals surface area (Å²) in [6.07, 6.45) is 18.3. The Morgan fingerprint density at radius 2 is 1.43 bits per heavy atom. The van der Waals surface area contributed by atoms with Gasteiger partial charge in [0.1, 0.15) is 0 Å². The Hall–Kier alpha value is -0.747. The summed E-state index contributed by atoms with van der Waals surface area (Å²) in [5.74, 6) is 0. The number of halogens is 2. The molecule has 0 unspecified atom stereocenters. The monoisotopic (exact) mass is 586 g/mol. The fraction of sp³-hybridized carbons (Fsp3) is 0.469. The molecule has 3 aliphatic rings. The van der Waals surface area contributed by atoms with Crippen LogP contribution in [0.2, 0.25) is 0 Å². The first-order valence-electron chi connectivity index (χ1n) is 12.5. The van der Waals surface area contributed by atoms with Crippen molar-refractivity contribution in [1.29, 1.82) is 0 Å². The third-order valence-corrected chi connectivity index (χ3v) is 7.80. The van der Waals surface area contributed by atoms with Crippen LogP contribution in [0.4, 0.5) is 0 Å². The summed E-state index contributed by atoms with van der Waals surface area (Å²) in [5.41, 5.74) is 8.76. The van der Waals surface area contributed by atoms with Crippen LogP contribution in [-0.2, 0) is 41.5 Å². The molecule has 0 aromatic heterocycles. The zero-order valence-electron chi connectivity index (χ0n) is 22.4. The minimum absolute atomic E-state index is 0. The van der Waals surface area contributed by atoms with E-state index in [9.17, 15) is 0 Å². The van der Waals surface area contributed by atoms with Gasteiger partial charge in [0.25, 0.3) is 0 Å². The second-order valence-electron chi connectivity index (χ2n) is 11.5. The molecule has 0 N–H and O–H groups in total. The minimum atomic E-state index is 0. The molecule has 0 nitrogen and oxygen atoms in total. The van der Waals surface area contributed by atoms with Crippen molar-refractivity contribution in [3.8, 4) is 11.1 Å². The maximum absolute atomic E-state index is 3.53. The summed E-state index contributed by atoms with van der Waals surface area (Å²) >= 11 is 1.69. The van der Waals surface area contributed by atoms with E-state index in [-0.39, 0.29) is 35.6 Å². The molecule has 0 spiro atoms. The fourth-order valence-corrected chi connectivity index (χ4v) is 5.17. The molecule has 0 heterocycles. The van der Waals surface area contributed by atoms with Crippen molar-refractivity contribution in [2.45, 2.75) is 97.3 Å². The van der Waals surface area contributed by atoms with Crippen LogP contribution in [0.1, 0.15) is 102 Å². The van der Waals surface area contributed by atoms with Gasteiger partial charge >= 0.3 is 59.5 Å². The zero-order chi connectivity index (χ0) is 24.1. The van der Waals surface area contributed by atoms with Crippen LogP contribution in [0.15, 0.2) is 48.6 Å². The SMILES string of the molecule is CC(C)(C)c1c[c-]c2c(c1)-c1cc(C(C)(C)C)ccc1C2.Cl.Cl.[C-]1=CC=CC1.[Zr+2]=[C]1CCCCC1. The quantitative estimate of drug-likeness (QED) is 0.230. The van der Waals surface area contributed by atoms with E-state index in [1.807, 2.05) is 12.2 Å². The molecule has 3 aliphatic carbocycles. The molecule has 2 aromatic rings. The van der Waals surface area contributed by atoms with Gasteiger partial charge in [0.15, 0.2) is 0 Å². The van der Waals surface area contributed by atoms with Crippen molar-refractivity contribution < 1.29 is 24.2 Å². The third-order valence-electron chi connectivity index (χ3n) is 6.57. The summed E-state index contributed by atoms with van der Waals surface area (Å²) < 4.78 is 1.80. The fourth-order valence-electron chi connectivity index (χ4n) is 4.30. The number of allylic oxidation sites excluding steroid dienone is 4. The van der Waals surface area contributed by atoms with Crippen molar-refractivity contribution in [3.63, 3.8) is 0 Å². The Bertz CT molecular complexity index is 953. The number of hydrogen-bond donors (Lipinski definition) is 0. The molecular formula is C32H42Cl2Zr. The first-order chi connectivity index (χ1) is 15.6. The maximum atomic E-state index is 3.53. The molecule has 1 saturated carbocycles. The Kier molecular flexibility index (Phi) is 13.2. The molecule has 0 bridgehead atoms. The molecule has 35 heavy (non-hydrogen) atoms. The Morgan fingerprint density at radius 1 is 0.800 bits per heavy atom. The Morgan fingerprint density at radius 3 is 1.89 bits per heavy atom. The summed E-state index contributed by atoms with van der Waals surface area (Å²) in [4.78, 5) is 0. The van der Waals surface area contributed by atoms with Gasteiger partial charge in [-0.1, -0.05) is 76.3 Å². The van der Waals surface area contributed by atoms with Crippen LogP contribution in [0.5, 0.6) is 0 Å². The molecule has 5 rings (SSSR count). The third kappa shape index (κ3) is 9.57. The van der Waals surface area contributed by atoms with Gasteiger partial charge in [-0.3, -0.25) is 6.08 Å². The summed E-state index contributed by atoms with van der Waals surface area (Å²) in [6, 6.07) is 15.1. The van der Waals surface area contributed by atoms with Gasteiger partial charge in [0.05, 0.1) is 0 Å². The summed E-state index contributed by atoms with van der Waals surface area (Å²) in [7, 11) is 0. The van der Waals surface area contributed by atoms with Gasteiger partial charge < -0.3 is 0 Å². The van der Waals surface area contributed by atoms with Crippen LogP contribution < -0.4 is 0 Å². The van der Waals surface area contributed by atoms with Crippen molar-refractivity contribution in [2.24, 2.45) is 0 Å². The van der Waals surface area contributed by atoms with Crippen molar-refractivity contribution in [3.05, 3.63) is 83.0 Å². The van der Waals surface area contributed by atoms with E-state index in [2.05, 4.69) is 90.1 Å². The topological polar surface area (TPSA) is 0 Å². The summed E-state index contributed by atoms with van der Waals surface area (Å²) in [6.45, 7) is 13.6. The molecule has 0 radical (unpaired) electrons. The average Bonchev–Trinajstić information content (AvgIpc) is 3.44. The number of rotatable bonds is 0. The summed E-state index contributed by atoms with van der Waals surface area (Å²) in [5, 5.41) is 0. The van der Waals surface area contributed by atoms with Gasteiger partial charge in [-0.25, -0.2) is 12.2 Å². The van der Waals surface area contributed by atoms with E-state index in [0.717, 1.165) is 12.8 Å². The van der Waals surface area contributed by atoms with Gasteiger partial charge in [-0.15, -0.1) is 36.8 Å². The Balaban J connectivity index is 0.000000360. The first kappa shape index (κ1) is 32.3. The number of hydrogen-bond acceptors (Lipinski definition) is 0. The molecule has 0 amide bonds. The second-order valence-corrected chi connectivity index (χ2v) is 13.2. The standard InChI is InChI=1S/C21H25.C6H10.C5H5.2ClH.Zr/c1-20(2,3)16-9-7-14-11-15-8-10-17(21(4,5)6)13-19(15)18(14)12-16;1-2-4-6-5-3-1;1-2-4-5-3-1;;;/h7,9-10,12-13H,11H2,1-6H3;1-5H2;1-3H,4H2;2*1H;/q-1;;-1;;;+2. The second kappa shape index (κ2) is 14.3. The molecular weight excluding hydrogens is 546 g/mol. The van der Waals surface area contributed by atoms with Gasteiger partial charge in [-0.2, -0.15) is 35.4 Å². The molecule has 0 atom stereocenters. The van der Waals surface area contributed by atoms with E-state index >= 15 is 0 Å². The van der Waals surface area contributed by atoms with Crippen LogP contribution in [0.25, 0.3) is 11.1 Å². The molecule has 0 aliphatic heterocycles. The molecule has 188 valence electrons. The van der Waals surface area contributed by atoms with Crippen molar-refractivity contribution >= 4 is 28.0 Å². The van der Waals surface area contributed by atoms with Crippen LogP contribution in [-0.4, -0.2) is 3.21 Å². The van der Waals surface area contributed by atoms with Crippen LogP contribution in [0, 0.1) is 12.1 Å². The number of benzene rings is 2. The first-order valence-corrected chi connectivity index (χ1v) is 13.8. The average molecular weight is 589 g/mol. The predicted octanol–water partition coefficient (Wildman–Crippen LogP) is 9.47. The zero-order valence-corrected chi connectivity index (χ0v) is 26.5. The Labute approximate surface area is 242 Å². The van der Waals surface area contributed by atoms with E-state index < -0.39 is 0 Å². The van der Waals surface area contributed by atoms with E-state index in [1.54, 1.807) is 27.4 Å². The van der Waals surface area contributed by atoms with Crippen molar-refractivity contribution in [2.75, 3.05) is 0 Å². The molecule has 3 heteroatoms. The number of fused-ring (bicyclic) bond motifs is 3. The van der Waals surface area contributed by atoms with E-state index in [4.69, 9.17) is 0 Å². The predicted molar refractivity (Wildman–Crippen MR) is 155 cm³/mol. The van der Waals surface area contributed by atoms with Crippen LogP contribution in [0.3, 0.4) is 0 Å². The van der Waals surface area contributed by atoms with Crippen molar-refractivity contribution in [1.82, 2.24) is 0 Å². The van der Waals surface area contributed by atoms with E-state index in [1.165, 1.54) is 65.5 Å². The van der Waals surface area contributed by atoms with Gasteiger partial charge in [0, 0.05) is 0 Å². The molecule has 2 aromatic carbocycles. The van der Waals surface area contributed by atoms with Gasteiger partial charge in [-0.05, 0) is 17.4 Å². The normalized spacial score (nSPS) is 15.5.